The second-order valence-corrected chi connectivity index (χ2v) is 4.44. The van der Waals surface area contributed by atoms with Gasteiger partial charge in [0, 0.05) is 10.0 Å². The number of primary amides is 1. The summed E-state index contributed by atoms with van der Waals surface area (Å²) in [5.41, 5.74) is 5.72. The Hall–Kier alpha value is -1.07. The number of hydrogen-bond acceptors (Lipinski definition) is 3. The molecule has 16 heavy (non-hydrogen) atoms. The third kappa shape index (κ3) is 3.21. The molecular weight excluding hydrogens is 274 g/mol. The summed E-state index contributed by atoms with van der Waals surface area (Å²) >= 11 is 3.30. The fraction of sp³-hybridized carbons (Fsp3) is 0.364. The second-order valence-electron chi connectivity index (χ2n) is 3.52. The number of amides is 1. The van der Waals surface area contributed by atoms with Crippen LogP contribution in [0.1, 0.15) is 25.5 Å². The molecule has 0 aliphatic heterocycles. The lowest BCUT2D eigenvalue weighted by molar-refractivity contribution is -0.124. The summed E-state index contributed by atoms with van der Waals surface area (Å²) in [5, 5.41) is 9.56. The number of nitrogens with two attached hydrogens (primary N) is 1. The molecule has 1 aromatic carbocycles. The highest BCUT2D eigenvalue weighted by molar-refractivity contribution is 9.10. The first-order valence-electron chi connectivity index (χ1n) is 4.85. The van der Waals surface area contributed by atoms with Crippen LogP contribution < -0.4 is 10.5 Å². The van der Waals surface area contributed by atoms with Crippen molar-refractivity contribution in [1.29, 1.82) is 0 Å². The number of carbonyl (C=O) groups excluding carboxylic acids is 1. The van der Waals surface area contributed by atoms with Gasteiger partial charge in [0.05, 0.1) is 6.10 Å². The lowest BCUT2D eigenvalue weighted by atomic mass is 10.1. The minimum atomic E-state index is -0.723. The molecule has 88 valence electrons. The normalized spacial score (nSPS) is 14.2. The Labute approximate surface area is 103 Å². The van der Waals surface area contributed by atoms with Gasteiger partial charge >= 0.3 is 0 Å². The Kier molecular flexibility index (Phi) is 4.32. The predicted octanol–water partition coefficient (Wildman–Crippen LogP) is 1.75. The van der Waals surface area contributed by atoms with E-state index in [-0.39, 0.29) is 0 Å². The van der Waals surface area contributed by atoms with Gasteiger partial charge in [-0.3, -0.25) is 4.79 Å². The number of ether oxygens (including phenoxy) is 1. The summed E-state index contributed by atoms with van der Waals surface area (Å²) < 4.78 is 6.20. The number of hydrogen-bond donors (Lipinski definition) is 2. The van der Waals surface area contributed by atoms with Crippen LogP contribution in [-0.2, 0) is 4.79 Å². The number of aliphatic hydroxyl groups is 1. The Morgan fingerprint density at radius 3 is 2.62 bits per heavy atom. The first-order chi connectivity index (χ1) is 7.41. The molecule has 1 aromatic rings. The second kappa shape index (κ2) is 5.32. The highest BCUT2D eigenvalue weighted by Gasteiger charge is 2.15. The van der Waals surface area contributed by atoms with E-state index in [1.165, 1.54) is 0 Å². The van der Waals surface area contributed by atoms with Gasteiger partial charge in [0.15, 0.2) is 6.10 Å². The smallest absolute Gasteiger partial charge is 0.258 e. The van der Waals surface area contributed by atoms with Crippen molar-refractivity contribution in [3.05, 3.63) is 28.2 Å². The average Bonchev–Trinajstić information content (AvgIpc) is 2.20. The van der Waals surface area contributed by atoms with E-state index < -0.39 is 18.1 Å². The van der Waals surface area contributed by atoms with E-state index in [1.54, 1.807) is 32.0 Å². The third-order valence-electron chi connectivity index (χ3n) is 2.13. The lowest BCUT2D eigenvalue weighted by Crippen LogP contribution is -2.31. The van der Waals surface area contributed by atoms with Crippen LogP contribution in [0.5, 0.6) is 5.75 Å². The van der Waals surface area contributed by atoms with Crippen molar-refractivity contribution in [2.24, 2.45) is 5.73 Å². The predicted molar refractivity (Wildman–Crippen MR) is 64.1 cm³/mol. The topological polar surface area (TPSA) is 72.6 Å². The highest BCUT2D eigenvalue weighted by atomic mass is 79.9. The number of rotatable bonds is 4. The zero-order valence-corrected chi connectivity index (χ0v) is 10.7. The molecule has 0 aromatic heterocycles. The molecule has 2 atom stereocenters. The summed E-state index contributed by atoms with van der Waals surface area (Å²) in [6.07, 6.45) is -1.40. The molecule has 5 heteroatoms. The molecule has 0 spiro atoms. The zero-order chi connectivity index (χ0) is 12.3. The minimum absolute atomic E-state index is 0.463. The van der Waals surface area contributed by atoms with E-state index in [0.29, 0.717) is 11.3 Å². The molecule has 0 bridgehead atoms. The molecule has 3 N–H and O–H groups in total. The third-order valence-corrected chi connectivity index (χ3v) is 2.62. The van der Waals surface area contributed by atoms with Crippen molar-refractivity contribution < 1.29 is 14.6 Å². The van der Waals surface area contributed by atoms with Crippen LogP contribution in [0, 0.1) is 0 Å². The SMILES string of the molecule is CC(Oc1ccc(Br)cc1[C@H](C)O)C(N)=O. The first kappa shape index (κ1) is 13.0. The molecular formula is C11H14BrNO3. The lowest BCUT2D eigenvalue weighted by Gasteiger charge is -2.16. The van der Waals surface area contributed by atoms with Gasteiger partial charge in [-0.05, 0) is 32.0 Å². The Morgan fingerprint density at radius 1 is 1.50 bits per heavy atom. The molecule has 0 saturated heterocycles. The maximum absolute atomic E-state index is 10.9. The van der Waals surface area contributed by atoms with Crippen molar-refractivity contribution >= 4 is 21.8 Å². The van der Waals surface area contributed by atoms with Gasteiger partial charge in [-0.15, -0.1) is 0 Å². The van der Waals surface area contributed by atoms with E-state index in [2.05, 4.69) is 15.9 Å². The Morgan fingerprint density at radius 2 is 2.12 bits per heavy atom. The van der Waals surface area contributed by atoms with E-state index in [4.69, 9.17) is 10.5 Å². The van der Waals surface area contributed by atoms with E-state index in [9.17, 15) is 9.90 Å². The van der Waals surface area contributed by atoms with Gasteiger partial charge in [-0.25, -0.2) is 0 Å². The largest absolute Gasteiger partial charge is 0.481 e. The van der Waals surface area contributed by atoms with Crippen LogP contribution in [-0.4, -0.2) is 17.1 Å². The standard InChI is InChI=1S/C11H14BrNO3/c1-6(14)9-5-8(12)3-4-10(9)16-7(2)11(13)15/h3-7,14H,1-2H3,(H2,13,15)/t6-,7?/m0/s1. The summed E-state index contributed by atoms with van der Waals surface area (Å²) in [7, 11) is 0. The molecule has 0 radical (unpaired) electrons. The van der Waals surface area contributed by atoms with E-state index in [1.807, 2.05) is 0 Å². The summed E-state index contributed by atoms with van der Waals surface area (Å²) in [6.45, 7) is 3.19. The van der Waals surface area contributed by atoms with Crippen LogP contribution in [0.3, 0.4) is 0 Å². The van der Waals surface area contributed by atoms with Crippen LogP contribution in [0.25, 0.3) is 0 Å². The summed E-state index contributed by atoms with van der Waals surface area (Å²) in [6, 6.07) is 5.20. The van der Waals surface area contributed by atoms with Gasteiger partial charge < -0.3 is 15.6 Å². The van der Waals surface area contributed by atoms with Crippen LogP contribution in [0.15, 0.2) is 22.7 Å². The van der Waals surface area contributed by atoms with Gasteiger partial charge in [0.1, 0.15) is 5.75 Å². The number of halogens is 1. The quantitative estimate of drug-likeness (QED) is 0.886. The molecule has 0 fully saturated rings. The van der Waals surface area contributed by atoms with E-state index >= 15 is 0 Å². The number of carbonyl (C=O) groups is 1. The maximum Gasteiger partial charge on any atom is 0.258 e. The minimum Gasteiger partial charge on any atom is -0.481 e. The zero-order valence-electron chi connectivity index (χ0n) is 9.11. The van der Waals surface area contributed by atoms with Crippen LogP contribution in [0.4, 0.5) is 0 Å². The van der Waals surface area contributed by atoms with Crippen LogP contribution >= 0.6 is 15.9 Å². The highest BCUT2D eigenvalue weighted by Crippen LogP contribution is 2.29. The van der Waals surface area contributed by atoms with Crippen molar-refractivity contribution in [2.75, 3.05) is 0 Å². The fourth-order valence-electron chi connectivity index (χ4n) is 1.20. The van der Waals surface area contributed by atoms with Crippen molar-refractivity contribution in [2.45, 2.75) is 26.1 Å². The summed E-state index contributed by atoms with van der Waals surface area (Å²) in [4.78, 5) is 10.9. The first-order valence-corrected chi connectivity index (χ1v) is 5.64. The van der Waals surface area contributed by atoms with Gasteiger partial charge in [-0.2, -0.15) is 0 Å². The monoisotopic (exact) mass is 287 g/mol. The van der Waals surface area contributed by atoms with Gasteiger partial charge in [0.2, 0.25) is 0 Å². The molecule has 0 saturated carbocycles. The molecule has 0 aliphatic rings. The number of aliphatic hydroxyl groups excluding tert-OH is 1. The fourth-order valence-corrected chi connectivity index (χ4v) is 1.58. The molecule has 4 nitrogen and oxygen atoms in total. The number of benzene rings is 1. The van der Waals surface area contributed by atoms with Crippen molar-refractivity contribution in [1.82, 2.24) is 0 Å². The summed E-state index contributed by atoms with van der Waals surface area (Å²) in [5.74, 6) is -0.0797. The van der Waals surface area contributed by atoms with Gasteiger partial charge in [-0.1, -0.05) is 15.9 Å². The Bertz CT molecular complexity index is 393. The van der Waals surface area contributed by atoms with Crippen molar-refractivity contribution in [3.8, 4) is 5.75 Å². The van der Waals surface area contributed by atoms with Gasteiger partial charge in [0.25, 0.3) is 5.91 Å². The average molecular weight is 288 g/mol. The molecule has 0 aliphatic carbocycles. The molecule has 1 amide bonds. The van der Waals surface area contributed by atoms with E-state index in [0.717, 1.165) is 4.47 Å². The Balaban J connectivity index is 2.99. The van der Waals surface area contributed by atoms with Crippen LogP contribution in [0.2, 0.25) is 0 Å². The molecule has 0 heterocycles. The van der Waals surface area contributed by atoms with Crippen molar-refractivity contribution in [3.63, 3.8) is 0 Å². The molecule has 1 rings (SSSR count). The maximum atomic E-state index is 10.9. The molecule has 1 unspecified atom stereocenters.